The molecule has 2 unspecified atom stereocenters. The number of amides is 1. The van der Waals surface area contributed by atoms with Gasteiger partial charge in [-0.1, -0.05) is 11.6 Å². The number of nitrogen functional groups attached to an aromatic ring is 1. The molecule has 0 bridgehead atoms. The molecule has 1 aromatic rings. The van der Waals surface area contributed by atoms with Crippen LogP contribution in [0.2, 0.25) is 5.02 Å². The number of carbonyl (C=O) groups excluding carboxylic acids is 1. The zero-order valence-electron chi connectivity index (χ0n) is 8.99. The number of nitrogens with two attached hydrogens (primary N) is 1. The summed E-state index contributed by atoms with van der Waals surface area (Å²) in [5.41, 5.74) is 6.06. The van der Waals surface area contributed by atoms with Crippen molar-refractivity contribution in [1.82, 2.24) is 5.32 Å². The fourth-order valence-electron chi connectivity index (χ4n) is 1.17. The van der Waals surface area contributed by atoms with Gasteiger partial charge in [-0.3, -0.25) is 9.00 Å². The van der Waals surface area contributed by atoms with Crippen LogP contribution in [0.15, 0.2) is 23.1 Å². The Kier molecular flexibility index (Phi) is 4.32. The number of rotatable bonds is 3. The van der Waals surface area contributed by atoms with Crippen molar-refractivity contribution in [2.45, 2.75) is 17.1 Å². The van der Waals surface area contributed by atoms with Gasteiger partial charge in [0.2, 0.25) is 5.91 Å². The van der Waals surface area contributed by atoms with Gasteiger partial charge in [0.05, 0.1) is 15.7 Å². The summed E-state index contributed by atoms with van der Waals surface area (Å²) in [6.45, 7) is 1.58. The molecule has 0 radical (unpaired) electrons. The maximum Gasteiger partial charge on any atom is 0.235 e. The number of hydrogen-bond donors (Lipinski definition) is 2. The van der Waals surface area contributed by atoms with Gasteiger partial charge in [0.15, 0.2) is 0 Å². The van der Waals surface area contributed by atoms with E-state index >= 15 is 0 Å². The van der Waals surface area contributed by atoms with Crippen LogP contribution in [0.5, 0.6) is 0 Å². The Morgan fingerprint density at radius 3 is 2.75 bits per heavy atom. The average Bonchev–Trinajstić information content (AvgIpc) is 2.29. The highest BCUT2D eigenvalue weighted by Crippen LogP contribution is 2.23. The van der Waals surface area contributed by atoms with E-state index in [0.29, 0.717) is 15.6 Å². The molecule has 0 aliphatic rings. The molecule has 3 N–H and O–H groups in total. The number of carbonyl (C=O) groups is 1. The SMILES string of the molecule is CNC(=O)C(C)S(=O)c1cc(Cl)ccc1N. The van der Waals surface area contributed by atoms with E-state index in [1.165, 1.54) is 13.1 Å². The van der Waals surface area contributed by atoms with Crippen molar-refractivity contribution in [2.75, 3.05) is 12.8 Å². The fourth-order valence-corrected chi connectivity index (χ4v) is 2.65. The Morgan fingerprint density at radius 1 is 1.56 bits per heavy atom. The molecular weight excluding hydrogens is 248 g/mol. The van der Waals surface area contributed by atoms with Crippen LogP contribution in [-0.2, 0) is 15.6 Å². The minimum Gasteiger partial charge on any atom is -0.398 e. The average molecular weight is 261 g/mol. The summed E-state index contributed by atoms with van der Waals surface area (Å²) in [5.74, 6) is -0.294. The molecule has 4 nitrogen and oxygen atoms in total. The van der Waals surface area contributed by atoms with Gasteiger partial charge >= 0.3 is 0 Å². The van der Waals surface area contributed by atoms with Gasteiger partial charge < -0.3 is 11.1 Å². The predicted molar refractivity (Wildman–Crippen MR) is 65.8 cm³/mol. The standard InChI is InChI=1S/C10H13ClN2O2S/c1-6(10(14)13-2)16(15)9-5-7(11)3-4-8(9)12/h3-6H,12H2,1-2H3,(H,13,14). The van der Waals surface area contributed by atoms with Crippen LogP contribution in [0.25, 0.3) is 0 Å². The van der Waals surface area contributed by atoms with Gasteiger partial charge in [0.1, 0.15) is 5.25 Å². The molecule has 1 aromatic carbocycles. The fraction of sp³-hybridized carbons (Fsp3) is 0.300. The molecular formula is C10H13ClN2O2S. The van der Waals surface area contributed by atoms with Crippen LogP contribution in [0, 0.1) is 0 Å². The quantitative estimate of drug-likeness (QED) is 0.802. The molecule has 0 heterocycles. The lowest BCUT2D eigenvalue weighted by Gasteiger charge is -2.11. The maximum absolute atomic E-state index is 12.0. The Balaban J connectivity index is 3.05. The highest BCUT2D eigenvalue weighted by molar-refractivity contribution is 7.86. The number of anilines is 1. The zero-order chi connectivity index (χ0) is 12.3. The van der Waals surface area contributed by atoms with Gasteiger partial charge in [-0.05, 0) is 25.1 Å². The summed E-state index contributed by atoms with van der Waals surface area (Å²) in [6, 6.07) is 4.71. The van der Waals surface area contributed by atoms with Crippen molar-refractivity contribution in [2.24, 2.45) is 0 Å². The zero-order valence-corrected chi connectivity index (χ0v) is 10.6. The predicted octanol–water partition coefficient (Wildman–Crippen LogP) is 1.16. The first-order valence-electron chi connectivity index (χ1n) is 4.64. The summed E-state index contributed by atoms with van der Waals surface area (Å²) in [5, 5.41) is 2.23. The number of nitrogens with one attached hydrogen (secondary N) is 1. The van der Waals surface area contributed by atoms with Gasteiger partial charge in [-0.2, -0.15) is 0 Å². The van der Waals surface area contributed by atoms with E-state index < -0.39 is 16.0 Å². The van der Waals surface area contributed by atoms with Crippen LogP contribution >= 0.6 is 11.6 Å². The van der Waals surface area contributed by atoms with Gasteiger partial charge in [-0.25, -0.2) is 0 Å². The van der Waals surface area contributed by atoms with Crippen LogP contribution in [0.1, 0.15) is 6.92 Å². The molecule has 0 aliphatic carbocycles. The third-order valence-corrected chi connectivity index (χ3v) is 4.01. The van der Waals surface area contributed by atoms with Gasteiger partial charge in [0.25, 0.3) is 0 Å². The van der Waals surface area contributed by atoms with Gasteiger partial charge in [-0.15, -0.1) is 0 Å². The highest BCUT2D eigenvalue weighted by atomic mass is 35.5. The Morgan fingerprint density at radius 2 is 2.19 bits per heavy atom. The molecule has 1 amide bonds. The van der Waals surface area contributed by atoms with Gasteiger partial charge in [0, 0.05) is 17.8 Å². The van der Waals surface area contributed by atoms with E-state index in [2.05, 4.69) is 5.32 Å². The number of benzene rings is 1. The maximum atomic E-state index is 12.0. The molecule has 0 spiro atoms. The summed E-state index contributed by atoms with van der Waals surface area (Å²) in [4.78, 5) is 11.7. The molecule has 0 aliphatic heterocycles. The number of halogens is 1. The van der Waals surface area contributed by atoms with Crippen LogP contribution in [-0.4, -0.2) is 22.4 Å². The van der Waals surface area contributed by atoms with E-state index in [9.17, 15) is 9.00 Å². The van der Waals surface area contributed by atoms with Crippen molar-refractivity contribution in [3.8, 4) is 0 Å². The van der Waals surface area contributed by atoms with Crippen molar-refractivity contribution in [1.29, 1.82) is 0 Å². The molecule has 0 aromatic heterocycles. The topological polar surface area (TPSA) is 72.2 Å². The molecule has 1 rings (SSSR count). The molecule has 0 saturated carbocycles. The Bertz CT molecular complexity index is 437. The summed E-state index contributed by atoms with van der Waals surface area (Å²) in [7, 11) is -0.00408. The molecule has 0 saturated heterocycles. The summed E-state index contributed by atoms with van der Waals surface area (Å²) < 4.78 is 12.0. The minimum atomic E-state index is -1.50. The highest BCUT2D eigenvalue weighted by Gasteiger charge is 2.22. The first-order valence-corrected chi connectivity index (χ1v) is 6.23. The molecule has 6 heteroatoms. The normalized spacial score (nSPS) is 14.2. The Labute approximate surface area is 102 Å². The second-order valence-electron chi connectivity index (χ2n) is 3.24. The van der Waals surface area contributed by atoms with E-state index in [4.69, 9.17) is 17.3 Å². The van der Waals surface area contributed by atoms with E-state index in [1.807, 2.05) is 0 Å². The molecule has 2 atom stereocenters. The second-order valence-corrected chi connectivity index (χ2v) is 5.41. The van der Waals surface area contributed by atoms with Crippen molar-refractivity contribution in [3.63, 3.8) is 0 Å². The first-order chi connectivity index (χ1) is 7.47. The molecule has 16 heavy (non-hydrogen) atoms. The Hall–Kier alpha value is -1.07. The molecule has 88 valence electrons. The third kappa shape index (κ3) is 2.74. The monoisotopic (exact) mass is 260 g/mol. The lowest BCUT2D eigenvalue weighted by Crippen LogP contribution is -2.33. The minimum absolute atomic E-state index is 0.294. The van der Waals surface area contributed by atoms with Crippen molar-refractivity contribution >= 4 is 34.0 Å². The first kappa shape index (κ1) is 13.0. The van der Waals surface area contributed by atoms with E-state index in [-0.39, 0.29) is 5.91 Å². The second kappa shape index (κ2) is 5.32. The molecule has 0 fully saturated rings. The van der Waals surface area contributed by atoms with Crippen LogP contribution < -0.4 is 11.1 Å². The largest absolute Gasteiger partial charge is 0.398 e. The summed E-state index contributed by atoms with van der Waals surface area (Å²) in [6.07, 6.45) is 0. The lowest BCUT2D eigenvalue weighted by atomic mass is 10.3. The summed E-state index contributed by atoms with van der Waals surface area (Å²) >= 11 is 5.79. The van der Waals surface area contributed by atoms with Crippen molar-refractivity contribution in [3.05, 3.63) is 23.2 Å². The van der Waals surface area contributed by atoms with Crippen molar-refractivity contribution < 1.29 is 9.00 Å². The third-order valence-electron chi connectivity index (χ3n) is 2.13. The smallest absolute Gasteiger partial charge is 0.235 e. The number of hydrogen-bond acceptors (Lipinski definition) is 3. The van der Waals surface area contributed by atoms with Crippen LogP contribution in [0.3, 0.4) is 0 Å². The van der Waals surface area contributed by atoms with Crippen LogP contribution in [0.4, 0.5) is 5.69 Å². The lowest BCUT2D eigenvalue weighted by molar-refractivity contribution is -0.119. The van der Waals surface area contributed by atoms with E-state index in [1.54, 1.807) is 19.1 Å². The van der Waals surface area contributed by atoms with E-state index in [0.717, 1.165) is 0 Å².